The van der Waals surface area contributed by atoms with Gasteiger partial charge < -0.3 is 10.2 Å². The van der Waals surface area contributed by atoms with Gasteiger partial charge in [-0.3, -0.25) is 19.3 Å². The van der Waals surface area contributed by atoms with E-state index in [1.807, 2.05) is 0 Å². The SMILES string of the molecule is CC(=O)c1nn(CC(=O)O)c2ccncc12.O=C(O)C(F)(F)F. The summed E-state index contributed by atoms with van der Waals surface area (Å²) in [4.78, 5) is 34.7. The summed E-state index contributed by atoms with van der Waals surface area (Å²) in [6.45, 7) is 1.12. The Hall–Kier alpha value is -2.98. The average molecular weight is 333 g/mol. The van der Waals surface area contributed by atoms with Crippen molar-refractivity contribution in [2.75, 3.05) is 0 Å². The predicted octanol–water partition coefficient (Wildman–Crippen LogP) is 1.35. The summed E-state index contributed by atoms with van der Waals surface area (Å²) in [6.07, 6.45) is -2.04. The highest BCUT2D eigenvalue weighted by molar-refractivity contribution is 6.04. The van der Waals surface area contributed by atoms with Gasteiger partial charge in [0.1, 0.15) is 12.2 Å². The molecule has 2 aromatic rings. The Balaban J connectivity index is 0.000000322. The second-order valence-electron chi connectivity index (χ2n) is 4.15. The van der Waals surface area contributed by atoms with Gasteiger partial charge >= 0.3 is 18.1 Å². The lowest BCUT2D eigenvalue weighted by molar-refractivity contribution is -0.192. The standard InChI is InChI=1S/C10H9N3O3.C2HF3O2/c1-6(14)10-7-4-11-3-2-8(7)13(12-10)5-9(15)16;3-2(4,5)1(6)7/h2-4H,5H2,1H3,(H,15,16);(H,6,7). The molecule has 2 heterocycles. The number of hydrogen-bond acceptors (Lipinski definition) is 5. The molecule has 0 aliphatic carbocycles. The number of carbonyl (C=O) groups is 3. The first kappa shape index (κ1) is 18.1. The number of ketones is 1. The summed E-state index contributed by atoms with van der Waals surface area (Å²) >= 11 is 0. The van der Waals surface area contributed by atoms with Gasteiger partial charge in [-0.25, -0.2) is 4.79 Å². The number of carbonyl (C=O) groups excluding carboxylic acids is 1. The molecule has 0 radical (unpaired) electrons. The number of nitrogens with zero attached hydrogens (tertiary/aromatic N) is 3. The summed E-state index contributed by atoms with van der Waals surface area (Å²) in [5.74, 6) is -3.97. The van der Waals surface area contributed by atoms with Gasteiger partial charge in [0, 0.05) is 24.7 Å². The van der Waals surface area contributed by atoms with Crippen LogP contribution in [0.4, 0.5) is 13.2 Å². The highest BCUT2D eigenvalue weighted by Gasteiger charge is 2.38. The van der Waals surface area contributed by atoms with Gasteiger partial charge in [-0.2, -0.15) is 18.3 Å². The number of rotatable bonds is 3. The molecule has 0 atom stereocenters. The van der Waals surface area contributed by atoms with Crippen LogP contribution in [0.5, 0.6) is 0 Å². The lowest BCUT2D eigenvalue weighted by atomic mass is 10.2. The number of aliphatic carboxylic acids is 2. The third-order valence-corrected chi connectivity index (χ3v) is 2.41. The maximum absolute atomic E-state index is 11.3. The molecule has 0 aromatic carbocycles. The Morgan fingerprint density at radius 1 is 1.26 bits per heavy atom. The molecule has 2 aromatic heterocycles. The van der Waals surface area contributed by atoms with E-state index in [1.54, 1.807) is 6.07 Å². The maximum atomic E-state index is 11.3. The number of carboxylic acid groups (broad SMARTS) is 2. The Morgan fingerprint density at radius 2 is 1.83 bits per heavy atom. The van der Waals surface area contributed by atoms with Gasteiger partial charge in [-0.05, 0) is 6.07 Å². The van der Waals surface area contributed by atoms with Crippen molar-refractivity contribution in [3.8, 4) is 0 Å². The Kier molecular flexibility index (Phi) is 5.38. The quantitative estimate of drug-likeness (QED) is 0.813. The number of aromatic nitrogens is 3. The number of halogens is 3. The number of alkyl halides is 3. The van der Waals surface area contributed by atoms with Crippen molar-refractivity contribution in [1.82, 2.24) is 14.8 Å². The molecule has 2 rings (SSSR count). The molecular formula is C12H10F3N3O5. The monoisotopic (exact) mass is 333 g/mol. The van der Waals surface area contributed by atoms with Gasteiger partial charge in [0.15, 0.2) is 5.78 Å². The molecule has 0 bridgehead atoms. The van der Waals surface area contributed by atoms with Gasteiger partial charge in [-0.15, -0.1) is 0 Å². The summed E-state index contributed by atoms with van der Waals surface area (Å²) in [7, 11) is 0. The first-order valence-corrected chi connectivity index (χ1v) is 5.87. The molecule has 8 nitrogen and oxygen atoms in total. The van der Waals surface area contributed by atoms with Crippen LogP contribution in [0.25, 0.3) is 10.9 Å². The minimum atomic E-state index is -5.08. The molecule has 0 aliphatic heterocycles. The predicted molar refractivity (Wildman–Crippen MR) is 68.9 cm³/mol. The summed E-state index contributed by atoms with van der Waals surface area (Å²) in [5.41, 5.74) is 0.854. The van der Waals surface area contributed by atoms with Crippen LogP contribution < -0.4 is 0 Å². The fourth-order valence-corrected chi connectivity index (χ4v) is 1.53. The second kappa shape index (κ2) is 6.85. The van der Waals surface area contributed by atoms with E-state index in [4.69, 9.17) is 15.0 Å². The maximum Gasteiger partial charge on any atom is 0.490 e. The summed E-state index contributed by atoms with van der Waals surface area (Å²) in [6, 6.07) is 1.64. The van der Waals surface area contributed by atoms with Crippen LogP contribution in [0.1, 0.15) is 17.4 Å². The van der Waals surface area contributed by atoms with E-state index in [0.717, 1.165) is 0 Å². The third kappa shape index (κ3) is 4.76. The third-order valence-electron chi connectivity index (χ3n) is 2.41. The molecule has 0 saturated heterocycles. The zero-order valence-corrected chi connectivity index (χ0v) is 11.5. The lowest BCUT2D eigenvalue weighted by Gasteiger charge is -1.97. The smallest absolute Gasteiger partial charge is 0.480 e. The molecule has 0 fully saturated rings. The van der Waals surface area contributed by atoms with E-state index in [2.05, 4.69) is 10.1 Å². The molecular weight excluding hydrogens is 323 g/mol. The largest absolute Gasteiger partial charge is 0.490 e. The van der Waals surface area contributed by atoms with Crippen LogP contribution in [0.15, 0.2) is 18.5 Å². The van der Waals surface area contributed by atoms with Crippen molar-refractivity contribution in [2.24, 2.45) is 0 Å². The van der Waals surface area contributed by atoms with E-state index in [-0.39, 0.29) is 18.0 Å². The highest BCUT2D eigenvalue weighted by atomic mass is 19.4. The number of hydrogen-bond donors (Lipinski definition) is 2. The topological polar surface area (TPSA) is 122 Å². The first-order valence-electron chi connectivity index (χ1n) is 5.87. The van der Waals surface area contributed by atoms with Crippen LogP contribution in [0.2, 0.25) is 0 Å². The van der Waals surface area contributed by atoms with E-state index < -0.39 is 18.1 Å². The molecule has 23 heavy (non-hydrogen) atoms. The van der Waals surface area contributed by atoms with Crippen molar-refractivity contribution < 1.29 is 37.8 Å². The molecule has 0 aliphatic rings. The zero-order valence-electron chi connectivity index (χ0n) is 11.5. The van der Waals surface area contributed by atoms with Gasteiger partial charge in [-0.1, -0.05) is 0 Å². The average Bonchev–Trinajstić information content (AvgIpc) is 2.77. The van der Waals surface area contributed by atoms with Crippen molar-refractivity contribution >= 4 is 28.6 Å². The number of pyridine rings is 1. The van der Waals surface area contributed by atoms with Gasteiger partial charge in [0.2, 0.25) is 0 Å². The van der Waals surface area contributed by atoms with Crippen LogP contribution in [0.3, 0.4) is 0 Å². The van der Waals surface area contributed by atoms with Crippen molar-refractivity contribution in [2.45, 2.75) is 19.6 Å². The zero-order chi connectivity index (χ0) is 17.8. The minimum Gasteiger partial charge on any atom is -0.480 e. The molecule has 11 heteroatoms. The number of Topliss-reactive ketones (excluding diaryl/α,β-unsaturated/α-hetero) is 1. The fraction of sp³-hybridized carbons (Fsp3) is 0.250. The molecule has 0 unspecified atom stereocenters. The van der Waals surface area contributed by atoms with Crippen LogP contribution in [-0.4, -0.2) is 48.9 Å². The van der Waals surface area contributed by atoms with E-state index >= 15 is 0 Å². The highest BCUT2D eigenvalue weighted by Crippen LogP contribution is 2.17. The molecule has 0 saturated carbocycles. The molecule has 124 valence electrons. The Morgan fingerprint density at radius 3 is 2.26 bits per heavy atom. The van der Waals surface area contributed by atoms with Crippen LogP contribution >= 0.6 is 0 Å². The lowest BCUT2D eigenvalue weighted by Crippen LogP contribution is -2.21. The molecule has 2 N–H and O–H groups in total. The van der Waals surface area contributed by atoms with Crippen molar-refractivity contribution in [3.05, 3.63) is 24.2 Å². The van der Waals surface area contributed by atoms with E-state index in [0.29, 0.717) is 10.9 Å². The minimum absolute atomic E-state index is 0.206. The number of fused-ring (bicyclic) bond motifs is 1. The van der Waals surface area contributed by atoms with E-state index in [1.165, 1.54) is 24.0 Å². The van der Waals surface area contributed by atoms with Gasteiger partial charge in [0.05, 0.1) is 5.52 Å². The number of carboxylic acids is 2. The molecule has 0 amide bonds. The molecule has 0 spiro atoms. The normalized spacial score (nSPS) is 10.8. The van der Waals surface area contributed by atoms with Crippen LogP contribution in [-0.2, 0) is 16.1 Å². The fourth-order valence-electron chi connectivity index (χ4n) is 1.53. The second-order valence-corrected chi connectivity index (χ2v) is 4.15. The Labute approximate surface area is 126 Å². The van der Waals surface area contributed by atoms with Crippen molar-refractivity contribution in [1.29, 1.82) is 0 Å². The van der Waals surface area contributed by atoms with Crippen LogP contribution in [0, 0.1) is 0 Å². The first-order chi connectivity index (χ1) is 10.5. The summed E-state index contributed by atoms with van der Waals surface area (Å²) in [5, 5.41) is 20.4. The summed E-state index contributed by atoms with van der Waals surface area (Å²) < 4.78 is 33.0. The van der Waals surface area contributed by atoms with Gasteiger partial charge in [0.25, 0.3) is 0 Å². The Bertz CT molecular complexity index is 754. The van der Waals surface area contributed by atoms with Crippen molar-refractivity contribution in [3.63, 3.8) is 0 Å². The van der Waals surface area contributed by atoms with E-state index in [9.17, 15) is 22.8 Å².